The predicted octanol–water partition coefficient (Wildman–Crippen LogP) is 5.18. The molecule has 0 aromatic carbocycles. The van der Waals surface area contributed by atoms with Crippen LogP contribution in [-0.4, -0.2) is 35.6 Å². The van der Waals surface area contributed by atoms with E-state index in [0.717, 1.165) is 42.9 Å². The van der Waals surface area contributed by atoms with Gasteiger partial charge in [0, 0.05) is 7.11 Å². The predicted molar refractivity (Wildman–Crippen MR) is 113 cm³/mol. The van der Waals surface area contributed by atoms with Gasteiger partial charge >= 0.3 is 0 Å². The molecule has 3 nitrogen and oxygen atoms in total. The van der Waals surface area contributed by atoms with Crippen molar-refractivity contribution in [1.29, 1.82) is 0 Å². The lowest BCUT2D eigenvalue weighted by Gasteiger charge is -2.62. The highest BCUT2D eigenvalue weighted by atomic mass is 16.5. The van der Waals surface area contributed by atoms with E-state index in [-0.39, 0.29) is 6.10 Å². The standard InChI is InChI=1S/C25H44O3/c1-17(26)20-6-5-7-22-19-8-11-23(2)14-15-25(27,16-28-4)13-10-21(23)18(19)9-12-24(20,22)3/h17-22,26-27H,5-16H2,1-4H3/t17?,18?,19-,20?,21-,22?,23-,24-,25?/m1/s1. The number of methoxy groups -OCH3 is 1. The number of aliphatic hydroxyl groups excluding tert-OH is 1. The molecule has 4 saturated carbocycles. The van der Waals surface area contributed by atoms with E-state index in [4.69, 9.17) is 4.74 Å². The normalized spacial score (nSPS) is 52.7. The minimum absolute atomic E-state index is 0.167. The Kier molecular flexibility index (Phi) is 5.69. The molecule has 5 unspecified atom stereocenters. The molecular weight excluding hydrogens is 348 g/mol. The maximum atomic E-state index is 11.1. The number of hydrogen-bond acceptors (Lipinski definition) is 3. The van der Waals surface area contributed by atoms with Crippen molar-refractivity contribution in [3.05, 3.63) is 0 Å². The second-order valence-electron chi connectivity index (χ2n) is 11.8. The van der Waals surface area contributed by atoms with E-state index in [1.807, 2.05) is 6.92 Å². The number of ether oxygens (including phenoxy) is 1. The van der Waals surface area contributed by atoms with Gasteiger partial charge in [-0.2, -0.15) is 0 Å². The van der Waals surface area contributed by atoms with Crippen LogP contribution in [0.4, 0.5) is 0 Å². The number of hydrogen-bond donors (Lipinski definition) is 2. The van der Waals surface area contributed by atoms with Crippen molar-refractivity contribution in [2.24, 2.45) is 40.4 Å². The number of rotatable bonds is 3. The summed E-state index contributed by atoms with van der Waals surface area (Å²) < 4.78 is 5.38. The summed E-state index contributed by atoms with van der Waals surface area (Å²) in [7, 11) is 1.72. The van der Waals surface area contributed by atoms with Crippen molar-refractivity contribution in [3.8, 4) is 0 Å². The average Bonchev–Trinajstić information content (AvgIpc) is 2.77. The van der Waals surface area contributed by atoms with Crippen molar-refractivity contribution in [2.45, 2.75) is 103 Å². The first-order valence-corrected chi connectivity index (χ1v) is 12.1. The van der Waals surface area contributed by atoms with Gasteiger partial charge in [0.1, 0.15) is 0 Å². The van der Waals surface area contributed by atoms with E-state index in [1.54, 1.807) is 7.11 Å². The molecule has 0 amide bonds. The molecule has 4 rings (SSSR count). The van der Waals surface area contributed by atoms with E-state index in [1.165, 1.54) is 51.4 Å². The van der Waals surface area contributed by atoms with Crippen LogP contribution in [0, 0.1) is 40.4 Å². The highest BCUT2D eigenvalue weighted by Gasteiger charge is 2.58. The van der Waals surface area contributed by atoms with Gasteiger partial charge in [-0.1, -0.05) is 20.3 Å². The average molecular weight is 393 g/mol. The molecule has 9 atom stereocenters. The van der Waals surface area contributed by atoms with Gasteiger partial charge in [-0.05, 0) is 112 Å². The fourth-order valence-electron chi connectivity index (χ4n) is 8.82. The summed E-state index contributed by atoms with van der Waals surface area (Å²) in [5, 5.41) is 21.6. The maximum absolute atomic E-state index is 11.1. The first-order valence-electron chi connectivity index (χ1n) is 12.1. The summed E-state index contributed by atoms with van der Waals surface area (Å²) in [5.41, 5.74) is 0.115. The van der Waals surface area contributed by atoms with E-state index in [0.29, 0.717) is 23.4 Å². The lowest BCUT2D eigenvalue weighted by atomic mass is 9.43. The molecular formula is C25H44O3. The van der Waals surface area contributed by atoms with Crippen molar-refractivity contribution in [3.63, 3.8) is 0 Å². The molecule has 162 valence electrons. The van der Waals surface area contributed by atoms with Crippen molar-refractivity contribution < 1.29 is 14.9 Å². The zero-order valence-electron chi connectivity index (χ0n) is 18.8. The molecule has 3 heteroatoms. The second-order valence-corrected chi connectivity index (χ2v) is 11.8. The van der Waals surface area contributed by atoms with Crippen LogP contribution in [0.3, 0.4) is 0 Å². The summed E-state index contributed by atoms with van der Waals surface area (Å²) in [6, 6.07) is 0. The van der Waals surface area contributed by atoms with Crippen LogP contribution in [0.5, 0.6) is 0 Å². The molecule has 0 aromatic rings. The number of fused-ring (bicyclic) bond motifs is 5. The minimum atomic E-state index is -0.615. The van der Waals surface area contributed by atoms with Gasteiger partial charge < -0.3 is 14.9 Å². The van der Waals surface area contributed by atoms with Gasteiger partial charge in [0.2, 0.25) is 0 Å². The van der Waals surface area contributed by atoms with Gasteiger partial charge in [-0.25, -0.2) is 0 Å². The van der Waals surface area contributed by atoms with Gasteiger partial charge in [0.15, 0.2) is 0 Å². The maximum Gasteiger partial charge on any atom is 0.0880 e. The molecule has 0 saturated heterocycles. The van der Waals surface area contributed by atoms with Gasteiger partial charge in [0.25, 0.3) is 0 Å². The zero-order chi connectivity index (χ0) is 20.2. The highest BCUT2D eigenvalue weighted by Crippen LogP contribution is 2.65. The van der Waals surface area contributed by atoms with E-state index in [9.17, 15) is 10.2 Å². The smallest absolute Gasteiger partial charge is 0.0880 e. The number of aliphatic hydroxyl groups is 2. The summed E-state index contributed by atoms with van der Waals surface area (Å²) >= 11 is 0. The van der Waals surface area contributed by atoms with Crippen molar-refractivity contribution >= 4 is 0 Å². The van der Waals surface area contributed by atoms with Gasteiger partial charge in [0.05, 0.1) is 18.3 Å². The van der Waals surface area contributed by atoms with Crippen LogP contribution < -0.4 is 0 Å². The Bertz CT molecular complexity index is 562. The Morgan fingerprint density at radius 2 is 1.61 bits per heavy atom. The van der Waals surface area contributed by atoms with Crippen LogP contribution in [0.2, 0.25) is 0 Å². The Balaban J connectivity index is 1.57. The fourth-order valence-corrected chi connectivity index (χ4v) is 8.82. The third-order valence-corrected chi connectivity index (χ3v) is 10.3. The van der Waals surface area contributed by atoms with Gasteiger partial charge in [-0.15, -0.1) is 0 Å². The largest absolute Gasteiger partial charge is 0.393 e. The topological polar surface area (TPSA) is 49.7 Å². The minimum Gasteiger partial charge on any atom is -0.393 e. The fraction of sp³-hybridized carbons (Fsp3) is 1.00. The molecule has 28 heavy (non-hydrogen) atoms. The van der Waals surface area contributed by atoms with Crippen LogP contribution in [0.25, 0.3) is 0 Å². The van der Waals surface area contributed by atoms with E-state index in [2.05, 4.69) is 13.8 Å². The van der Waals surface area contributed by atoms with Crippen LogP contribution in [0.15, 0.2) is 0 Å². The quantitative estimate of drug-likeness (QED) is 0.695. The van der Waals surface area contributed by atoms with Crippen molar-refractivity contribution in [2.75, 3.05) is 13.7 Å². The Morgan fingerprint density at radius 1 is 0.893 bits per heavy atom. The lowest BCUT2D eigenvalue weighted by Crippen LogP contribution is -2.55. The molecule has 0 aliphatic heterocycles. The summed E-state index contributed by atoms with van der Waals surface area (Å²) in [5.74, 6) is 3.71. The summed E-state index contributed by atoms with van der Waals surface area (Å²) in [4.78, 5) is 0. The molecule has 4 aliphatic carbocycles. The van der Waals surface area contributed by atoms with E-state index < -0.39 is 5.60 Å². The summed E-state index contributed by atoms with van der Waals surface area (Å²) in [6.07, 6.45) is 13.2. The van der Waals surface area contributed by atoms with Crippen molar-refractivity contribution in [1.82, 2.24) is 0 Å². The third kappa shape index (κ3) is 3.38. The molecule has 2 N–H and O–H groups in total. The molecule has 0 aromatic heterocycles. The molecule has 4 fully saturated rings. The van der Waals surface area contributed by atoms with Crippen LogP contribution in [0.1, 0.15) is 91.4 Å². The lowest BCUT2D eigenvalue weighted by molar-refractivity contribution is -0.139. The first-order chi connectivity index (χ1) is 13.2. The SMILES string of the molecule is COCC1(O)CC[C@@H]2C3CC[C@]4(C)C(C(C)O)CCCC4[C@@H]3CC[C@]2(C)CC1. The first kappa shape index (κ1) is 21.1. The Labute approximate surface area is 172 Å². The van der Waals surface area contributed by atoms with E-state index >= 15 is 0 Å². The Hall–Kier alpha value is -0.120. The molecule has 0 bridgehead atoms. The molecule has 0 radical (unpaired) electrons. The molecule has 0 spiro atoms. The van der Waals surface area contributed by atoms with Gasteiger partial charge in [-0.3, -0.25) is 0 Å². The Morgan fingerprint density at radius 3 is 2.32 bits per heavy atom. The third-order valence-electron chi connectivity index (χ3n) is 10.3. The van der Waals surface area contributed by atoms with Crippen LogP contribution >= 0.6 is 0 Å². The monoisotopic (exact) mass is 392 g/mol. The highest BCUT2D eigenvalue weighted by molar-refractivity contribution is 5.07. The second kappa shape index (κ2) is 7.54. The molecule has 4 aliphatic rings. The molecule has 0 heterocycles. The zero-order valence-corrected chi connectivity index (χ0v) is 18.8. The summed E-state index contributed by atoms with van der Waals surface area (Å²) in [6.45, 7) is 7.56. The van der Waals surface area contributed by atoms with Crippen LogP contribution in [-0.2, 0) is 4.74 Å².